The third-order valence-electron chi connectivity index (χ3n) is 5.26. The van der Waals surface area contributed by atoms with E-state index in [2.05, 4.69) is 6.92 Å². The number of aliphatic carboxylic acids is 1. The van der Waals surface area contributed by atoms with Gasteiger partial charge in [-0.15, -0.1) is 0 Å². The van der Waals surface area contributed by atoms with Crippen molar-refractivity contribution in [3.63, 3.8) is 0 Å². The van der Waals surface area contributed by atoms with Crippen LogP contribution in [0.4, 0.5) is 13.2 Å². The highest BCUT2D eigenvalue weighted by atomic mass is 19.4. The Morgan fingerprint density at radius 3 is 2.50 bits per heavy atom. The first kappa shape index (κ1) is 18.7. The lowest BCUT2D eigenvalue weighted by Crippen LogP contribution is -2.55. The van der Waals surface area contributed by atoms with Gasteiger partial charge in [-0.2, -0.15) is 13.2 Å². The van der Waals surface area contributed by atoms with Gasteiger partial charge in [0.1, 0.15) is 5.72 Å². The summed E-state index contributed by atoms with van der Waals surface area (Å²) in [6.07, 6.45) is -2.11. The van der Waals surface area contributed by atoms with Gasteiger partial charge in [0, 0.05) is 5.56 Å². The minimum absolute atomic E-state index is 0.158. The highest BCUT2D eigenvalue weighted by Crippen LogP contribution is 2.43. The van der Waals surface area contributed by atoms with E-state index in [0.717, 1.165) is 35.9 Å². The standard InChI is InChI=1S/C18H20F3NO4/c1-11-5-7-17(8-6-11)22(14(10-26-17)16(24)25)15(23)12-3-2-4-13(9-12)18(19,20)21/h2-4,9,11,14H,5-8,10H2,1H3,(H,24,25). The predicted octanol–water partition coefficient (Wildman–Crippen LogP) is 3.54. The lowest BCUT2D eigenvalue weighted by atomic mass is 9.83. The summed E-state index contributed by atoms with van der Waals surface area (Å²) in [5, 5.41) is 9.48. The van der Waals surface area contributed by atoms with Crippen LogP contribution in [-0.2, 0) is 15.7 Å². The molecule has 2 aliphatic rings. The van der Waals surface area contributed by atoms with Crippen LogP contribution in [0.15, 0.2) is 24.3 Å². The van der Waals surface area contributed by atoms with E-state index in [1.807, 2.05) is 0 Å². The molecule has 0 aromatic heterocycles. The fraction of sp³-hybridized carbons (Fsp3) is 0.556. The summed E-state index contributed by atoms with van der Waals surface area (Å²) in [4.78, 5) is 25.8. The summed E-state index contributed by atoms with van der Waals surface area (Å²) in [5.74, 6) is -1.53. The van der Waals surface area contributed by atoms with Crippen molar-refractivity contribution in [3.05, 3.63) is 35.4 Å². The Morgan fingerprint density at radius 1 is 1.27 bits per heavy atom. The molecule has 8 heteroatoms. The van der Waals surface area contributed by atoms with Crippen molar-refractivity contribution >= 4 is 11.9 Å². The van der Waals surface area contributed by atoms with E-state index in [4.69, 9.17) is 4.74 Å². The number of carboxylic acid groups (broad SMARTS) is 1. The Kier molecular flexibility index (Phi) is 4.72. The minimum atomic E-state index is -4.58. The second-order valence-corrected chi connectivity index (χ2v) is 7.05. The molecule has 0 radical (unpaired) electrons. The average Bonchev–Trinajstić information content (AvgIpc) is 2.96. The molecule has 1 aromatic carbocycles. The van der Waals surface area contributed by atoms with E-state index in [9.17, 15) is 27.9 Å². The molecule has 1 N–H and O–H groups in total. The molecule has 1 amide bonds. The zero-order chi connectivity index (χ0) is 19.1. The van der Waals surface area contributed by atoms with Crippen molar-refractivity contribution in [3.8, 4) is 0 Å². The van der Waals surface area contributed by atoms with Crippen LogP contribution < -0.4 is 0 Å². The van der Waals surface area contributed by atoms with Gasteiger partial charge in [-0.25, -0.2) is 4.79 Å². The largest absolute Gasteiger partial charge is 0.480 e. The van der Waals surface area contributed by atoms with Crippen molar-refractivity contribution in [2.45, 2.75) is 50.6 Å². The molecule has 1 heterocycles. The third-order valence-corrected chi connectivity index (χ3v) is 5.26. The number of benzene rings is 1. The number of hydrogen-bond acceptors (Lipinski definition) is 3. The Morgan fingerprint density at radius 2 is 1.92 bits per heavy atom. The van der Waals surface area contributed by atoms with Crippen LogP contribution in [0.25, 0.3) is 0 Å². The number of halogens is 3. The van der Waals surface area contributed by atoms with Crippen molar-refractivity contribution < 1.29 is 32.6 Å². The average molecular weight is 371 g/mol. The molecule has 1 spiro atoms. The van der Waals surface area contributed by atoms with Gasteiger partial charge in [0.15, 0.2) is 6.04 Å². The van der Waals surface area contributed by atoms with E-state index >= 15 is 0 Å². The molecule has 1 saturated heterocycles. The fourth-order valence-corrected chi connectivity index (χ4v) is 3.74. The number of ether oxygens (including phenoxy) is 1. The number of amides is 1. The lowest BCUT2D eigenvalue weighted by molar-refractivity contribution is -0.143. The molecule has 2 fully saturated rings. The molecule has 3 rings (SSSR count). The van der Waals surface area contributed by atoms with Gasteiger partial charge in [0.2, 0.25) is 0 Å². The Balaban J connectivity index is 1.97. The number of carbonyl (C=O) groups is 2. The predicted molar refractivity (Wildman–Crippen MR) is 85.4 cm³/mol. The van der Waals surface area contributed by atoms with Gasteiger partial charge >= 0.3 is 12.1 Å². The number of rotatable bonds is 2. The topological polar surface area (TPSA) is 66.8 Å². The second-order valence-electron chi connectivity index (χ2n) is 7.05. The summed E-state index contributed by atoms with van der Waals surface area (Å²) in [6.45, 7) is 1.91. The molecule has 26 heavy (non-hydrogen) atoms. The van der Waals surface area contributed by atoms with Gasteiger partial charge < -0.3 is 9.84 Å². The van der Waals surface area contributed by atoms with E-state index in [1.165, 1.54) is 6.07 Å². The van der Waals surface area contributed by atoms with Gasteiger partial charge in [-0.05, 0) is 49.8 Å². The maximum atomic E-state index is 13.0. The molecular formula is C18H20F3NO4. The van der Waals surface area contributed by atoms with Gasteiger partial charge in [0.25, 0.3) is 5.91 Å². The first-order valence-corrected chi connectivity index (χ1v) is 8.52. The molecular weight excluding hydrogens is 351 g/mol. The number of carbonyl (C=O) groups excluding carboxylic acids is 1. The summed E-state index contributed by atoms with van der Waals surface area (Å²) < 4.78 is 44.6. The molecule has 1 aromatic rings. The third kappa shape index (κ3) is 3.30. The summed E-state index contributed by atoms with van der Waals surface area (Å²) in [5.41, 5.74) is -2.18. The van der Waals surface area contributed by atoms with Crippen LogP contribution in [0.3, 0.4) is 0 Å². The number of nitrogens with zero attached hydrogens (tertiary/aromatic N) is 1. The first-order chi connectivity index (χ1) is 12.1. The monoisotopic (exact) mass is 371 g/mol. The van der Waals surface area contributed by atoms with Crippen LogP contribution in [0.1, 0.15) is 48.5 Å². The minimum Gasteiger partial charge on any atom is -0.480 e. The number of carboxylic acids is 1. The highest BCUT2D eigenvalue weighted by Gasteiger charge is 2.53. The lowest BCUT2D eigenvalue weighted by Gasteiger charge is -2.42. The van der Waals surface area contributed by atoms with Crippen LogP contribution in [0.2, 0.25) is 0 Å². The van der Waals surface area contributed by atoms with Crippen molar-refractivity contribution in [1.29, 1.82) is 0 Å². The van der Waals surface area contributed by atoms with Crippen LogP contribution in [0.5, 0.6) is 0 Å². The molecule has 1 aliphatic heterocycles. The summed E-state index contributed by atoms with van der Waals surface area (Å²) >= 11 is 0. The van der Waals surface area contributed by atoms with Crippen molar-refractivity contribution in [1.82, 2.24) is 4.90 Å². The Bertz CT molecular complexity index is 711. The number of hydrogen-bond donors (Lipinski definition) is 1. The van der Waals surface area contributed by atoms with E-state index in [-0.39, 0.29) is 12.2 Å². The van der Waals surface area contributed by atoms with Gasteiger partial charge in [-0.1, -0.05) is 13.0 Å². The molecule has 1 unspecified atom stereocenters. The molecule has 1 saturated carbocycles. The highest BCUT2D eigenvalue weighted by molar-refractivity contribution is 5.97. The van der Waals surface area contributed by atoms with Gasteiger partial charge in [-0.3, -0.25) is 9.69 Å². The summed E-state index contributed by atoms with van der Waals surface area (Å²) in [6, 6.07) is 2.86. The maximum Gasteiger partial charge on any atom is 0.416 e. The quantitative estimate of drug-likeness (QED) is 0.864. The SMILES string of the molecule is CC1CCC2(CC1)OCC(C(=O)O)N2C(=O)c1cccc(C(F)(F)F)c1. The zero-order valence-corrected chi connectivity index (χ0v) is 14.3. The number of alkyl halides is 3. The molecule has 1 atom stereocenters. The Labute approximate surface area is 148 Å². The van der Waals surface area contributed by atoms with E-state index in [0.29, 0.717) is 18.8 Å². The normalized spacial score (nSPS) is 29.2. The van der Waals surface area contributed by atoms with Crippen LogP contribution in [-0.4, -0.2) is 40.3 Å². The van der Waals surface area contributed by atoms with Gasteiger partial charge in [0.05, 0.1) is 12.2 Å². The molecule has 0 bridgehead atoms. The van der Waals surface area contributed by atoms with Crippen molar-refractivity contribution in [2.24, 2.45) is 5.92 Å². The second kappa shape index (κ2) is 6.57. The van der Waals surface area contributed by atoms with Crippen molar-refractivity contribution in [2.75, 3.05) is 6.61 Å². The van der Waals surface area contributed by atoms with Crippen LogP contribution >= 0.6 is 0 Å². The van der Waals surface area contributed by atoms with E-state index < -0.39 is 35.4 Å². The maximum absolute atomic E-state index is 13.0. The summed E-state index contributed by atoms with van der Waals surface area (Å²) in [7, 11) is 0. The molecule has 5 nitrogen and oxygen atoms in total. The van der Waals surface area contributed by atoms with Crippen LogP contribution in [0, 0.1) is 5.92 Å². The molecule has 142 valence electrons. The zero-order valence-electron chi connectivity index (χ0n) is 14.3. The Hall–Kier alpha value is -2.09. The fourth-order valence-electron chi connectivity index (χ4n) is 3.74. The van der Waals surface area contributed by atoms with E-state index in [1.54, 1.807) is 0 Å². The smallest absolute Gasteiger partial charge is 0.416 e. The first-order valence-electron chi connectivity index (χ1n) is 8.52. The molecule has 1 aliphatic carbocycles.